The molecule has 0 aliphatic heterocycles. The Kier molecular flexibility index (Phi) is 7.59. The predicted molar refractivity (Wildman–Crippen MR) is 130 cm³/mol. The molecule has 3 rings (SSSR count). The molecule has 0 bridgehead atoms. The average molecular weight is 472 g/mol. The Morgan fingerprint density at radius 2 is 1.58 bits per heavy atom. The van der Waals surface area contributed by atoms with Crippen molar-refractivity contribution in [2.45, 2.75) is 25.7 Å². The van der Waals surface area contributed by atoms with Gasteiger partial charge in [-0.1, -0.05) is 0 Å². The Balaban J connectivity index is 1.80. The SMILES string of the molecule is CCOc1ccc(OCC)c(S(=O)(=O)Nc2ccc(Nc3cc(N(C)C)nc(C)n3)cc2)c1. The Hall–Kier alpha value is -3.53. The van der Waals surface area contributed by atoms with E-state index in [4.69, 9.17) is 9.47 Å². The predicted octanol–water partition coefficient (Wildman–Crippen LogP) is 4.19. The van der Waals surface area contributed by atoms with Crippen LogP contribution in [0.2, 0.25) is 0 Å². The van der Waals surface area contributed by atoms with Gasteiger partial charge in [-0.2, -0.15) is 0 Å². The maximum absolute atomic E-state index is 13.1. The second kappa shape index (κ2) is 10.4. The van der Waals surface area contributed by atoms with Gasteiger partial charge in [-0.15, -0.1) is 0 Å². The number of rotatable bonds is 10. The number of sulfonamides is 1. The zero-order chi connectivity index (χ0) is 24.0. The van der Waals surface area contributed by atoms with Gasteiger partial charge in [0, 0.05) is 37.6 Å². The van der Waals surface area contributed by atoms with E-state index in [1.165, 1.54) is 6.07 Å². The molecule has 0 saturated heterocycles. The van der Waals surface area contributed by atoms with Gasteiger partial charge < -0.3 is 19.7 Å². The molecule has 1 heterocycles. The minimum Gasteiger partial charge on any atom is -0.494 e. The first kappa shape index (κ1) is 24.1. The number of aryl methyl sites for hydroxylation is 1. The molecule has 0 atom stereocenters. The van der Waals surface area contributed by atoms with Crippen molar-refractivity contribution in [1.82, 2.24) is 9.97 Å². The largest absolute Gasteiger partial charge is 0.494 e. The second-order valence-corrected chi connectivity index (χ2v) is 8.99. The number of nitrogens with one attached hydrogen (secondary N) is 2. The van der Waals surface area contributed by atoms with Gasteiger partial charge in [0.25, 0.3) is 10.0 Å². The molecular formula is C23H29N5O4S. The van der Waals surface area contributed by atoms with Crippen LogP contribution >= 0.6 is 0 Å². The third kappa shape index (κ3) is 6.26. The lowest BCUT2D eigenvalue weighted by Gasteiger charge is -2.15. The Morgan fingerprint density at radius 1 is 0.909 bits per heavy atom. The lowest BCUT2D eigenvalue weighted by atomic mass is 10.3. The number of hydrogen-bond donors (Lipinski definition) is 2. The zero-order valence-corrected chi connectivity index (χ0v) is 20.2. The maximum atomic E-state index is 13.1. The summed E-state index contributed by atoms with van der Waals surface area (Å²) in [5, 5.41) is 3.22. The van der Waals surface area contributed by atoms with Crippen LogP contribution in [0.15, 0.2) is 53.4 Å². The van der Waals surface area contributed by atoms with E-state index >= 15 is 0 Å². The molecule has 2 aromatic carbocycles. The van der Waals surface area contributed by atoms with Gasteiger partial charge in [-0.05, 0) is 57.2 Å². The Bertz CT molecular complexity index is 1200. The van der Waals surface area contributed by atoms with Crippen LogP contribution in [0.1, 0.15) is 19.7 Å². The molecule has 2 N–H and O–H groups in total. The molecule has 10 heteroatoms. The standard InChI is InChI=1S/C23H29N5O4S/c1-6-31-19-12-13-20(32-7-2)21(14-19)33(29,30)27-18-10-8-17(9-11-18)26-22-15-23(28(4)5)25-16(3)24-22/h8-15,27H,6-7H2,1-5H3,(H,24,25,26). The van der Waals surface area contributed by atoms with Crippen LogP contribution in [0.5, 0.6) is 11.5 Å². The van der Waals surface area contributed by atoms with Gasteiger partial charge in [0.2, 0.25) is 0 Å². The van der Waals surface area contributed by atoms with Crippen LogP contribution in [-0.4, -0.2) is 45.7 Å². The monoisotopic (exact) mass is 471 g/mol. The molecule has 0 aliphatic rings. The number of aromatic nitrogens is 2. The fourth-order valence-corrected chi connectivity index (χ4v) is 4.27. The quantitative estimate of drug-likeness (QED) is 0.453. The second-order valence-electron chi connectivity index (χ2n) is 7.34. The van der Waals surface area contributed by atoms with Gasteiger partial charge in [-0.3, -0.25) is 4.72 Å². The number of benzene rings is 2. The van der Waals surface area contributed by atoms with Crippen molar-refractivity contribution < 1.29 is 17.9 Å². The Morgan fingerprint density at radius 3 is 2.21 bits per heavy atom. The maximum Gasteiger partial charge on any atom is 0.265 e. The first-order valence-electron chi connectivity index (χ1n) is 10.5. The smallest absolute Gasteiger partial charge is 0.265 e. The van der Waals surface area contributed by atoms with Crippen molar-refractivity contribution in [3.8, 4) is 11.5 Å². The van der Waals surface area contributed by atoms with E-state index < -0.39 is 10.0 Å². The third-order valence-corrected chi connectivity index (χ3v) is 5.91. The number of ether oxygens (including phenoxy) is 2. The minimum atomic E-state index is -3.90. The highest BCUT2D eigenvalue weighted by molar-refractivity contribution is 7.92. The Labute approximate surface area is 194 Å². The highest BCUT2D eigenvalue weighted by Crippen LogP contribution is 2.30. The lowest BCUT2D eigenvalue weighted by Crippen LogP contribution is -2.15. The van der Waals surface area contributed by atoms with Crippen molar-refractivity contribution in [1.29, 1.82) is 0 Å². The molecular weight excluding hydrogens is 442 g/mol. The first-order chi connectivity index (χ1) is 15.7. The summed E-state index contributed by atoms with van der Waals surface area (Å²) in [5.41, 5.74) is 1.17. The summed E-state index contributed by atoms with van der Waals surface area (Å²) < 4.78 is 39.7. The average Bonchev–Trinajstić information content (AvgIpc) is 2.76. The minimum absolute atomic E-state index is 0.0187. The topological polar surface area (TPSA) is 106 Å². The lowest BCUT2D eigenvalue weighted by molar-refractivity contribution is 0.322. The molecule has 176 valence electrons. The summed E-state index contributed by atoms with van der Waals surface area (Å²) in [6.07, 6.45) is 0. The van der Waals surface area contributed by atoms with E-state index in [1.807, 2.05) is 38.9 Å². The first-order valence-corrected chi connectivity index (χ1v) is 12.0. The van der Waals surface area contributed by atoms with E-state index in [0.29, 0.717) is 36.3 Å². The van der Waals surface area contributed by atoms with E-state index in [1.54, 1.807) is 43.3 Å². The molecule has 0 spiro atoms. The van der Waals surface area contributed by atoms with Crippen LogP contribution in [0.25, 0.3) is 0 Å². The fraction of sp³-hybridized carbons (Fsp3) is 0.304. The van der Waals surface area contributed by atoms with Gasteiger partial charge in [0.15, 0.2) is 0 Å². The van der Waals surface area contributed by atoms with Crippen molar-refractivity contribution in [2.24, 2.45) is 0 Å². The normalized spacial score (nSPS) is 11.1. The van der Waals surface area contributed by atoms with Gasteiger partial charge in [-0.25, -0.2) is 18.4 Å². The van der Waals surface area contributed by atoms with Crippen molar-refractivity contribution in [2.75, 3.05) is 42.2 Å². The van der Waals surface area contributed by atoms with Crippen LogP contribution < -0.4 is 24.4 Å². The summed E-state index contributed by atoms with van der Waals surface area (Å²) in [7, 11) is -0.0806. The van der Waals surface area contributed by atoms with Crippen molar-refractivity contribution in [3.05, 3.63) is 54.4 Å². The molecule has 33 heavy (non-hydrogen) atoms. The van der Waals surface area contributed by atoms with E-state index in [2.05, 4.69) is 20.0 Å². The van der Waals surface area contributed by atoms with Crippen molar-refractivity contribution in [3.63, 3.8) is 0 Å². The molecule has 1 aromatic heterocycles. The summed E-state index contributed by atoms with van der Waals surface area (Å²) in [6, 6.07) is 13.5. The van der Waals surface area contributed by atoms with E-state index in [0.717, 1.165) is 11.5 Å². The number of hydrogen-bond acceptors (Lipinski definition) is 8. The third-order valence-electron chi connectivity index (χ3n) is 4.51. The van der Waals surface area contributed by atoms with Crippen LogP contribution in [0.3, 0.4) is 0 Å². The molecule has 0 amide bonds. The van der Waals surface area contributed by atoms with Crippen molar-refractivity contribution >= 4 is 33.0 Å². The van der Waals surface area contributed by atoms with Crippen LogP contribution in [0.4, 0.5) is 23.0 Å². The van der Waals surface area contributed by atoms with Crippen LogP contribution in [-0.2, 0) is 10.0 Å². The van der Waals surface area contributed by atoms with E-state index in [-0.39, 0.29) is 10.6 Å². The van der Waals surface area contributed by atoms with Gasteiger partial charge in [0.1, 0.15) is 33.9 Å². The molecule has 0 aliphatic carbocycles. The highest BCUT2D eigenvalue weighted by atomic mass is 32.2. The molecule has 3 aromatic rings. The molecule has 0 radical (unpaired) electrons. The fourth-order valence-electron chi connectivity index (χ4n) is 3.05. The number of nitrogens with zero attached hydrogens (tertiary/aromatic N) is 3. The number of anilines is 4. The molecule has 0 fully saturated rings. The zero-order valence-electron chi connectivity index (χ0n) is 19.4. The van der Waals surface area contributed by atoms with E-state index in [9.17, 15) is 8.42 Å². The molecule has 0 saturated carbocycles. The summed E-state index contributed by atoms with van der Waals surface area (Å²) >= 11 is 0. The molecule has 0 unspecified atom stereocenters. The summed E-state index contributed by atoms with van der Waals surface area (Å²) in [4.78, 5) is 10.7. The molecule has 9 nitrogen and oxygen atoms in total. The summed E-state index contributed by atoms with van der Waals surface area (Å²) in [5.74, 6) is 2.80. The highest BCUT2D eigenvalue weighted by Gasteiger charge is 2.21. The van der Waals surface area contributed by atoms with Gasteiger partial charge >= 0.3 is 0 Å². The summed E-state index contributed by atoms with van der Waals surface area (Å²) in [6.45, 7) is 6.23. The van der Waals surface area contributed by atoms with Gasteiger partial charge in [0.05, 0.1) is 13.2 Å². The van der Waals surface area contributed by atoms with Crippen LogP contribution in [0, 0.1) is 6.92 Å².